The van der Waals surface area contributed by atoms with Gasteiger partial charge >= 0.3 is 5.69 Å². The van der Waals surface area contributed by atoms with E-state index in [1.165, 1.54) is 17.0 Å². The Morgan fingerprint density at radius 1 is 1.00 bits per heavy atom. The van der Waals surface area contributed by atoms with Gasteiger partial charge in [-0.05, 0) is 48.7 Å². The number of carbonyl (C=O) groups is 1. The first-order valence-corrected chi connectivity index (χ1v) is 10.3. The number of hydrogen-bond acceptors (Lipinski definition) is 6. The van der Waals surface area contributed by atoms with E-state index in [4.69, 9.17) is 4.74 Å². The number of nitrogens with one attached hydrogen (secondary N) is 1. The first kappa shape index (κ1) is 21.9. The molecule has 33 heavy (non-hydrogen) atoms. The van der Waals surface area contributed by atoms with Gasteiger partial charge in [-0.3, -0.25) is 18.7 Å². The number of anilines is 1. The van der Waals surface area contributed by atoms with E-state index in [-0.39, 0.29) is 24.3 Å². The van der Waals surface area contributed by atoms with Crippen LogP contribution in [0.4, 0.5) is 5.69 Å². The maximum absolute atomic E-state index is 13.3. The van der Waals surface area contributed by atoms with Crippen LogP contribution in [0.25, 0.3) is 11.2 Å². The quantitative estimate of drug-likeness (QED) is 0.488. The number of carbonyl (C=O) groups excluding carboxylic acids is 1. The summed E-state index contributed by atoms with van der Waals surface area (Å²) >= 11 is 0. The largest absolute Gasteiger partial charge is 0.497 e. The molecule has 0 aliphatic heterocycles. The van der Waals surface area contributed by atoms with Crippen LogP contribution in [0.5, 0.6) is 5.75 Å². The fourth-order valence-corrected chi connectivity index (χ4v) is 3.55. The van der Waals surface area contributed by atoms with Gasteiger partial charge in [0.2, 0.25) is 5.91 Å². The third kappa shape index (κ3) is 4.38. The third-order valence-electron chi connectivity index (χ3n) is 5.52. The molecular formula is C24H23N5O4. The van der Waals surface area contributed by atoms with E-state index in [0.29, 0.717) is 11.4 Å². The molecule has 0 aliphatic carbocycles. The van der Waals surface area contributed by atoms with Crippen molar-refractivity contribution in [2.75, 3.05) is 12.4 Å². The van der Waals surface area contributed by atoms with Gasteiger partial charge in [0.1, 0.15) is 12.3 Å². The molecule has 9 nitrogen and oxygen atoms in total. The van der Waals surface area contributed by atoms with Crippen molar-refractivity contribution >= 4 is 22.8 Å². The Morgan fingerprint density at radius 3 is 2.45 bits per heavy atom. The van der Waals surface area contributed by atoms with E-state index in [9.17, 15) is 14.4 Å². The average molecular weight is 445 g/mol. The second-order valence-corrected chi connectivity index (χ2v) is 7.63. The summed E-state index contributed by atoms with van der Waals surface area (Å²) in [4.78, 5) is 47.4. The van der Waals surface area contributed by atoms with Crippen molar-refractivity contribution in [1.29, 1.82) is 0 Å². The summed E-state index contributed by atoms with van der Waals surface area (Å²) in [5.74, 6) is 0.253. The number of fused-ring (bicyclic) bond motifs is 1. The Bertz CT molecular complexity index is 1450. The number of ether oxygens (including phenoxy) is 1. The molecule has 1 amide bonds. The molecule has 2 heterocycles. The molecule has 2 aromatic carbocycles. The maximum Gasteiger partial charge on any atom is 0.333 e. The lowest BCUT2D eigenvalue weighted by Gasteiger charge is -2.14. The van der Waals surface area contributed by atoms with Gasteiger partial charge in [-0.1, -0.05) is 24.3 Å². The van der Waals surface area contributed by atoms with Gasteiger partial charge < -0.3 is 10.1 Å². The molecule has 168 valence electrons. The fourth-order valence-electron chi connectivity index (χ4n) is 3.55. The SMILES string of the molecule is COc1ccc(Cn2c(=O)c3nccnc3n(CC(=O)Nc3cccc(C)c3C)c2=O)cc1. The predicted octanol–water partition coefficient (Wildman–Crippen LogP) is 2.27. The average Bonchev–Trinajstić information content (AvgIpc) is 2.83. The second-order valence-electron chi connectivity index (χ2n) is 7.63. The molecule has 4 aromatic rings. The zero-order valence-electron chi connectivity index (χ0n) is 18.5. The number of aryl methyl sites for hydroxylation is 1. The first-order valence-electron chi connectivity index (χ1n) is 10.3. The van der Waals surface area contributed by atoms with Crippen LogP contribution in [0.1, 0.15) is 16.7 Å². The molecule has 0 atom stereocenters. The van der Waals surface area contributed by atoms with Crippen molar-refractivity contribution in [2.45, 2.75) is 26.9 Å². The van der Waals surface area contributed by atoms with E-state index in [1.807, 2.05) is 26.0 Å². The summed E-state index contributed by atoms with van der Waals surface area (Å²) < 4.78 is 7.39. The third-order valence-corrected chi connectivity index (χ3v) is 5.52. The van der Waals surface area contributed by atoms with Crippen LogP contribution in [0.3, 0.4) is 0 Å². The van der Waals surface area contributed by atoms with Crippen LogP contribution in [0, 0.1) is 13.8 Å². The lowest BCUT2D eigenvalue weighted by Crippen LogP contribution is -2.42. The minimum Gasteiger partial charge on any atom is -0.497 e. The van der Waals surface area contributed by atoms with Gasteiger partial charge in [0.05, 0.1) is 13.7 Å². The highest BCUT2D eigenvalue weighted by Gasteiger charge is 2.18. The summed E-state index contributed by atoms with van der Waals surface area (Å²) in [7, 11) is 1.56. The van der Waals surface area contributed by atoms with E-state index in [0.717, 1.165) is 21.3 Å². The highest BCUT2D eigenvalue weighted by molar-refractivity contribution is 5.92. The van der Waals surface area contributed by atoms with Crippen molar-refractivity contribution in [3.8, 4) is 5.75 Å². The van der Waals surface area contributed by atoms with Gasteiger partial charge in [-0.25, -0.2) is 14.8 Å². The number of amides is 1. The van der Waals surface area contributed by atoms with E-state index >= 15 is 0 Å². The van der Waals surface area contributed by atoms with E-state index in [2.05, 4.69) is 15.3 Å². The molecule has 0 unspecified atom stereocenters. The molecule has 0 saturated carbocycles. The molecule has 0 spiro atoms. The van der Waals surface area contributed by atoms with Gasteiger partial charge in [-0.2, -0.15) is 0 Å². The predicted molar refractivity (Wildman–Crippen MR) is 125 cm³/mol. The highest BCUT2D eigenvalue weighted by atomic mass is 16.5. The summed E-state index contributed by atoms with van der Waals surface area (Å²) in [6.45, 7) is 3.57. The minimum absolute atomic E-state index is 0.0187. The zero-order chi connectivity index (χ0) is 23.5. The van der Waals surface area contributed by atoms with Crippen LogP contribution in [0.15, 0.2) is 64.4 Å². The standard InChI is InChI=1S/C24H23N5O4/c1-15-5-4-6-19(16(15)2)27-20(30)14-28-22-21(25-11-12-26-22)23(31)29(24(28)32)13-17-7-9-18(33-3)10-8-17/h4-12H,13-14H2,1-3H3,(H,27,30). The highest BCUT2D eigenvalue weighted by Crippen LogP contribution is 2.18. The molecule has 1 N–H and O–H groups in total. The number of benzene rings is 2. The van der Waals surface area contributed by atoms with Crippen LogP contribution in [-0.2, 0) is 17.9 Å². The van der Waals surface area contributed by atoms with E-state index in [1.54, 1.807) is 37.4 Å². The molecule has 0 saturated heterocycles. The Labute approximate surface area is 189 Å². The molecular weight excluding hydrogens is 422 g/mol. The molecule has 0 aliphatic rings. The summed E-state index contributed by atoms with van der Waals surface area (Å²) in [6, 6.07) is 12.6. The first-order chi connectivity index (χ1) is 15.9. The van der Waals surface area contributed by atoms with Crippen molar-refractivity contribution in [3.63, 3.8) is 0 Å². The van der Waals surface area contributed by atoms with Crippen molar-refractivity contribution in [2.24, 2.45) is 0 Å². The smallest absolute Gasteiger partial charge is 0.333 e. The number of nitrogens with zero attached hydrogens (tertiary/aromatic N) is 4. The molecule has 0 bridgehead atoms. The van der Waals surface area contributed by atoms with Gasteiger partial charge in [0.25, 0.3) is 5.56 Å². The normalized spacial score (nSPS) is 10.9. The topological polar surface area (TPSA) is 108 Å². The monoisotopic (exact) mass is 445 g/mol. The Balaban J connectivity index is 1.74. The number of aromatic nitrogens is 4. The van der Waals surface area contributed by atoms with Crippen LogP contribution in [0.2, 0.25) is 0 Å². The van der Waals surface area contributed by atoms with Crippen LogP contribution >= 0.6 is 0 Å². The number of hydrogen-bond donors (Lipinski definition) is 1. The molecule has 0 radical (unpaired) electrons. The fraction of sp³-hybridized carbons (Fsp3) is 0.208. The van der Waals surface area contributed by atoms with Crippen LogP contribution < -0.4 is 21.3 Å². The number of methoxy groups -OCH3 is 1. The van der Waals surface area contributed by atoms with Gasteiger partial charge in [-0.15, -0.1) is 0 Å². The summed E-state index contributed by atoms with van der Waals surface area (Å²) in [5, 5.41) is 2.84. The minimum atomic E-state index is -0.639. The number of rotatable bonds is 6. The van der Waals surface area contributed by atoms with Crippen molar-refractivity contribution in [3.05, 3.63) is 92.4 Å². The van der Waals surface area contributed by atoms with Gasteiger partial charge in [0.15, 0.2) is 11.2 Å². The van der Waals surface area contributed by atoms with E-state index < -0.39 is 17.2 Å². The Kier molecular flexibility index (Phi) is 6.03. The zero-order valence-corrected chi connectivity index (χ0v) is 18.5. The summed E-state index contributed by atoms with van der Waals surface area (Å²) in [6.07, 6.45) is 2.76. The second kappa shape index (κ2) is 9.07. The van der Waals surface area contributed by atoms with Crippen LogP contribution in [-0.4, -0.2) is 32.1 Å². The maximum atomic E-state index is 13.3. The lowest BCUT2D eigenvalue weighted by molar-refractivity contribution is -0.116. The Hall–Kier alpha value is -4.27. The summed E-state index contributed by atoms with van der Waals surface area (Å²) in [5.41, 5.74) is 2.24. The Morgan fingerprint density at radius 2 is 1.73 bits per heavy atom. The lowest BCUT2D eigenvalue weighted by atomic mass is 10.1. The van der Waals surface area contributed by atoms with Crippen molar-refractivity contribution in [1.82, 2.24) is 19.1 Å². The molecule has 0 fully saturated rings. The molecule has 2 aromatic heterocycles. The molecule has 4 rings (SSSR count). The molecule has 9 heteroatoms. The van der Waals surface area contributed by atoms with Crippen molar-refractivity contribution < 1.29 is 9.53 Å². The van der Waals surface area contributed by atoms with Gasteiger partial charge in [0, 0.05) is 18.1 Å².